The molecule has 0 saturated carbocycles. The van der Waals surface area contributed by atoms with Crippen LogP contribution in [0.15, 0.2) is 42.6 Å². The van der Waals surface area contributed by atoms with Crippen molar-refractivity contribution in [3.05, 3.63) is 52.7 Å². The predicted octanol–water partition coefficient (Wildman–Crippen LogP) is 3.02. The number of pyridine rings is 1. The molecule has 0 amide bonds. The van der Waals surface area contributed by atoms with E-state index in [0.717, 1.165) is 25.3 Å². The second-order valence-electron chi connectivity index (χ2n) is 6.61. The first-order valence-corrected chi connectivity index (χ1v) is 8.65. The van der Waals surface area contributed by atoms with Crippen molar-refractivity contribution < 1.29 is 4.92 Å². The number of hydrogen-bond donors (Lipinski definition) is 1. The average molecular weight is 339 g/mol. The SMILES string of the molecule is O=[N+]([O-])c1ccc(Nc2ccc(N3CCN4CCCC4C3)cc2)nc1. The molecule has 0 spiro atoms. The topological polar surface area (TPSA) is 74.5 Å². The van der Waals surface area contributed by atoms with Crippen LogP contribution in [0, 0.1) is 10.1 Å². The maximum Gasteiger partial charge on any atom is 0.287 e. The van der Waals surface area contributed by atoms with Gasteiger partial charge in [0.15, 0.2) is 0 Å². The van der Waals surface area contributed by atoms with E-state index in [1.54, 1.807) is 6.07 Å². The number of nitro groups is 1. The molecule has 2 aliphatic rings. The predicted molar refractivity (Wildman–Crippen MR) is 97.4 cm³/mol. The van der Waals surface area contributed by atoms with Crippen LogP contribution in [0.5, 0.6) is 0 Å². The highest BCUT2D eigenvalue weighted by Crippen LogP contribution is 2.27. The van der Waals surface area contributed by atoms with Crippen molar-refractivity contribution >= 4 is 22.9 Å². The fourth-order valence-electron chi connectivity index (χ4n) is 3.70. The van der Waals surface area contributed by atoms with Gasteiger partial charge in [0.25, 0.3) is 5.69 Å². The lowest BCUT2D eigenvalue weighted by molar-refractivity contribution is -0.385. The van der Waals surface area contributed by atoms with Crippen LogP contribution in [0.2, 0.25) is 0 Å². The molecule has 7 nitrogen and oxygen atoms in total. The van der Waals surface area contributed by atoms with Crippen molar-refractivity contribution in [2.45, 2.75) is 18.9 Å². The molecule has 25 heavy (non-hydrogen) atoms. The molecule has 3 heterocycles. The zero-order valence-electron chi connectivity index (χ0n) is 14.0. The molecule has 2 fully saturated rings. The first-order valence-electron chi connectivity index (χ1n) is 8.65. The fourth-order valence-corrected chi connectivity index (χ4v) is 3.70. The lowest BCUT2D eigenvalue weighted by Crippen LogP contribution is -2.50. The number of fused-ring (bicyclic) bond motifs is 1. The van der Waals surface area contributed by atoms with E-state index < -0.39 is 4.92 Å². The van der Waals surface area contributed by atoms with Crippen LogP contribution in [-0.2, 0) is 0 Å². The van der Waals surface area contributed by atoms with Gasteiger partial charge in [-0.3, -0.25) is 15.0 Å². The van der Waals surface area contributed by atoms with Crippen molar-refractivity contribution in [1.29, 1.82) is 0 Å². The number of piperazine rings is 1. The molecule has 0 bridgehead atoms. The summed E-state index contributed by atoms with van der Waals surface area (Å²) in [6, 6.07) is 12.1. The van der Waals surface area contributed by atoms with Crippen molar-refractivity contribution in [2.75, 3.05) is 36.4 Å². The molecule has 1 aromatic carbocycles. The Morgan fingerprint density at radius 2 is 1.96 bits per heavy atom. The van der Waals surface area contributed by atoms with Crippen LogP contribution in [0.25, 0.3) is 0 Å². The summed E-state index contributed by atoms with van der Waals surface area (Å²) in [7, 11) is 0. The Hall–Kier alpha value is -2.67. The van der Waals surface area contributed by atoms with Crippen LogP contribution >= 0.6 is 0 Å². The Kier molecular flexibility index (Phi) is 4.23. The maximum atomic E-state index is 10.7. The summed E-state index contributed by atoms with van der Waals surface area (Å²) in [5.41, 5.74) is 2.16. The Bertz CT molecular complexity index is 747. The first-order chi connectivity index (χ1) is 12.2. The molecular weight excluding hydrogens is 318 g/mol. The third-order valence-electron chi connectivity index (χ3n) is 5.05. The molecule has 0 radical (unpaired) electrons. The Labute approximate surface area is 146 Å². The Morgan fingerprint density at radius 1 is 1.12 bits per heavy atom. The largest absolute Gasteiger partial charge is 0.369 e. The lowest BCUT2D eigenvalue weighted by atomic mass is 10.1. The summed E-state index contributed by atoms with van der Waals surface area (Å²) >= 11 is 0. The van der Waals surface area contributed by atoms with Gasteiger partial charge in [0.05, 0.1) is 4.92 Å². The second-order valence-corrected chi connectivity index (χ2v) is 6.61. The molecule has 0 aliphatic carbocycles. The van der Waals surface area contributed by atoms with E-state index in [9.17, 15) is 10.1 Å². The molecule has 1 atom stereocenters. The number of nitrogens with zero attached hydrogens (tertiary/aromatic N) is 4. The minimum Gasteiger partial charge on any atom is -0.369 e. The summed E-state index contributed by atoms with van der Waals surface area (Å²) in [6.45, 7) is 4.59. The number of aromatic nitrogens is 1. The third kappa shape index (κ3) is 3.41. The lowest BCUT2D eigenvalue weighted by Gasteiger charge is -2.38. The number of rotatable bonds is 4. The van der Waals surface area contributed by atoms with Crippen LogP contribution in [0.1, 0.15) is 12.8 Å². The number of benzene rings is 1. The molecule has 4 rings (SSSR count). The number of nitrogens with one attached hydrogen (secondary N) is 1. The Morgan fingerprint density at radius 3 is 2.68 bits per heavy atom. The van der Waals surface area contributed by atoms with Gasteiger partial charge in [0.2, 0.25) is 0 Å². The molecule has 1 aromatic heterocycles. The Balaban J connectivity index is 1.40. The van der Waals surface area contributed by atoms with Crippen LogP contribution in [0.3, 0.4) is 0 Å². The molecule has 2 saturated heterocycles. The second kappa shape index (κ2) is 6.68. The minimum atomic E-state index is -0.449. The molecule has 2 aliphatic heterocycles. The standard InChI is InChI=1S/C18H21N5O2/c24-23(25)16-7-8-18(19-12-16)20-14-3-5-15(6-4-14)22-11-10-21-9-1-2-17(21)13-22/h3-8,12,17H,1-2,9-11,13H2,(H,19,20). The van der Waals surface area contributed by atoms with E-state index in [0.29, 0.717) is 11.9 Å². The highest BCUT2D eigenvalue weighted by molar-refractivity contribution is 5.61. The van der Waals surface area contributed by atoms with Crippen molar-refractivity contribution in [1.82, 2.24) is 9.88 Å². The molecular formula is C18H21N5O2. The highest BCUT2D eigenvalue weighted by atomic mass is 16.6. The number of hydrogen-bond acceptors (Lipinski definition) is 6. The summed E-state index contributed by atoms with van der Waals surface area (Å²) < 4.78 is 0. The van der Waals surface area contributed by atoms with Gasteiger partial charge in [-0.15, -0.1) is 0 Å². The van der Waals surface area contributed by atoms with Gasteiger partial charge in [-0.05, 0) is 49.7 Å². The van der Waals surface area contributed by atoms with Crippen molar-refractivity contribution in [3.8, 4) is 0 Å². The summed E-state index contributed by atoms with van der Waals surface area (Å²) in [5, 5.41) is 13.8. The summed E-state index contributed by atoms with van der Waals surface area (Å²) in [5.74, 6) is 0.595. The van der Waals surface area contributed by atoms with E-state index in [1.165, 1.54) is 37.3 Å². The van der Waals surface area contributed by atoms with Crippen molar-refractivity contribution in [3.63, 3.8) is 0 Å². The van der Waals surface area contributed by atoms with E-state index in [-0.39, 0.29) is 5.69 Å². The van der Waals surface area contributed by atoms with Crippen LogP contribution < -0.4 is 10.2 Å². The fraction of sp³-hybridized carbons (Fsp3) is 0.389. The zero-order valence-corrected chi connectivity index (χ0v) is 14.0. The molecule has 130 valence electrons. The van der Waals surface area contributed by atoms with Gasteiger partial charge in [-0.25, -0.2) is 4.98 Å². The molecule has 2 aromatic rings. The summed E-state index contributed by atoms with van der Waals surface area (Å²) in [6.07, 6.45) is 3.89. The molecule has 1 N–H and O–H groups in total. The minimum absolute atomic E-state index is 0.00745. The van der Waals surface area contributed by atoms with Gasteiger partial charge in [-0.2, -0.15) is 0 Å². The molecule has 1 unspecified atom stereocenters. The van der Waals surface area contributed by atoms with Gasteiger partial charge < -0.3 is 10.2 Å². The van der Waals surface area contributed by atoms with Gasteiger partial charge in [-0.1, -0.05) is 0 Å². The average Bonchev–Trinajstić information content (AvgIpc) is 3.10. The smallest absolute Gasteiger partial charge is 0.287 e. The molecule has 7 heteroatoms. The van der Waals surface area contributed by atoms with E-state index in [1.807, 2.05) is 12.1 Å². The van der Waals surface area contributed by atoms with Crippen molar-refractivity contribution in [2.24, 2.45) is 0 Å². The normalized spacial score (nSPS) is 20.3. The van der Waals surface area contributed by atoms with E-state index in [2.05, 4.69) is 32.2 Å². The third-order valence-corrected chi connectivity index (χ3v) is 5.05. The first kappa shape index (κ1) is 15.8. The zero-order chi connectivity index (χ0) is 17.2. The monoisotopic (exact) mass is 339 g/mol. The van der Waals surface area contributed by atoms with E-state index in [4.69, 9.17) is 0 Å². The van der Waals surface area contributed by atoms with Crippen LogP contribution in [0.4, 0.5) is 22.9 Å². The number of anilines is 3. The summed E-state index contributed by atoms with van der Waals surface area (Å²) in [4.78, 5) is 19.4. The van der Waals surface area contributed by atoms with Crippen LogP contribution in [-0.4, -0.2) is 47.0 Å². The van der Waals surface area contributed by atoms with Gasteiger partial charge >= 0.3 is 0 Å². The van der Waals surface area contributed by atoms with E-state index >= 15 is 0 Å². The maximum absolute atomic E-state index is 10.7. The highest BCUT2D eigenvalue weighted by Gasteiger charge is 2.30. The quantitative estimate of drug-likeness (QED) is 0.682. The van der Waals surface area contributed by atoms with Gasteiger partial charge in [0.1, 0.15) is 12.0 Å². The van der Waals surface area contributed by atoms with Gasteiger partial charge in [0, 0.05) is 43.1 Å².